The van der Waals surface area contributed by atoms with Gasteiger partial charge in [-0.05, 0) is 53.0 Å². The Labute approximate surface area is 136 Å². The lowest BCUT2D eigenvalue weighted by atomic mass is 10.2. The summed E-state index contributed by atoms with van der Waals surface area (Å²) in [7, 11) is 1.80. The van der Waals surface area contributed by atoms with Crippen LogP contribution in [0.25, 0.3) is 0 Å². The van der Waals surface area contributed by atoms with Gasteiger partial charge in [0.15, 0.2) is 0 Å². The van der Waals surface area contributed by atoms with Crippen molar-refractivity contribution in [1.29, 1.82) is 0 Å². The first kappa shape index (κ1) is 14.8. The maximum Gasteiger partial charge on any atom is 0.272 e. The second-order valence-corrected chi connectivity index (χ2v) is 6.35. The number of rotatable bonds is 4. The van der Waals surface area contributed by atoms with E-state index in [9.17, 15) is 9.59 Å². The number of carbonyl (C=O) groups is 2. The third-order valence-electron chi connectivity index (χ3n) is 3.50. The maximum absolute atomic E-state index is 12.3. The molecule has 0 aliphatic heterocycles. The first-order valence-electron chi connectivity index (χ1n) is 7.07. The number of aryl methyl sites for hydroxylation is 1. The Morgan fingerprint density at radius 1 is 1.23 bits per heavy atom. The molecule has 2 aromatic rings. The number of benzene rings is 1. The van der Waals surface area contributed by atoms with Crippen LogP contribution in [-0.2, 0) is 7.05 Å². The van der Waals surface area contributed by atoms with E-state index in [1.165, 1.54) is 0 Å². The van der Waals surface area contributed by atoms with Gasteiger partial charge in [0, 0.05) is 35.0 Å². The Balaban J connectivity index is 1.73. The molecular formula is C16H16BrN3O2. The molecule has 1 aromatic carbocycles. The minimum absolute atomic E-state index is 0.0970. The summed E-state index contributed by atoms with van der Waals surface area (Å²) in [5, 5.41) is 5.75. The summed E-state index contributed by atoms with van der Waals surface area (Å²) in [4.78, 5) is 24.3. The van der Waals surface area contributed by atoms with Crippen molar-refractivity contribution in [3.05, 3.63) is 52.3 Å². The summed E-state index contributed by atoms with van der Waals surface area (Å²) in [6.07, 6.45) is 3.91. The molecule has 6 heteroatoms. The van der Waals surface area contributed by atoms with Crippen molar-refractivity contribution in [1.82, 2.24) is 9.88 Å². The average molecular weight is 362 g/mol. The molecule has 0 unspecified atom stereocenters. The fourth-order valence-electron chi connectivity index (χ4n) is 2.18. The highest BCUT2D eigenvalue weighted by molar-refractivity contribution is 9.10. The smallest absolute Gasteiger partial charge is 0.272 e. The van der Waals surface area contributed by atoms with Gasteiger partial charge in [0.05, 0.1) is 0 Å². The zero-order chi connectivity index (χ0) is 15.7. The average Bonchev–Trinajstić information content (AvgIpc) is 3.22. The van der Waals surface area contributed by atoms with Crippen LogP contribution in [0.3, 0.4) is 0 Å². The Morgan fingerprint density at radius 2 is 2.00 bits per heavy atom. The number of halogens is 1. The molecule has 114 valence electrons. The topological polar surface area (TPSA) is 63.1 Å². The predicted molar refractivity (Wildman–Crippen MR) is 88.0 cm³/mol. The van der Waals surface area contributed by atoms with Crippen LogP contribution >= 0.6 is 15.9 Å². The van der Waals surface area contributed by atoms with Gasteiger partial charge < -0.3 is 15.2 Å². The lowest BCUT2D eigenvalue weighted by Crippen LogP contribution is -2.25. The summed E-state index contributed by atoms with van der Waals surface area (Å²) in [5.74, 6) is -0.312. The molecular weight excluding hydrogens is 346 g/mol. The molecule has 1 aliphatic rings. The van der Waals surface area contributed by atoms with Crippen LogP contribution in [0.4, 0.5) is 5.69 Å². The number of aromatic nitrogens is 1. The van der Waals surface area contributed by atoms with Gasteiger partial charge in [-0.25, -0.2) is 0 Å². The predicted octanol–water partition coefficient (Wildman–Crippen LogP) is 2.93. The number of hydrogen-bond acceptors (Lipinski definition) is 2. The molecule has 1 heterocycles. The quantitative estimate of drug-likeness (QED) is 0.879. The molecule has 0 radical (unpaired) electrons. The molecule has 1 aromatic heterocycles. The number of nitrogens with zero attached hydrogens (tertiary/aromatic N) is 1. The van der Waals surface area contributed by atoms with Gasteiger partial charge >= 0.3 is 0 Å². The first-order chi connectivity index (χ1) is 10.5. The highest BCUT2D eigenvalue weighted by atomic mass is 79.9. The minimum Gasteiger partial charge on any atom is -0.349 e. The number of carbonyl (C=O) groups excluding carboxylic acids is 2. The summed E-state index contributed by atoms with van der Waals surface area (Å²) in [6.45, 7) is 0. The molecule has 1 aliphatic carbocycles. The van der Waals surface area contributed by atoms with E-state index in [0.717, 1.165) is 17.3 Å². The number of nitrogens with one attached hydrogen (secondary N) is 2. The second kappa shape index (κ2) is 5.96. The Hall–Kier alpha value is -2.08. The van der Waals surface area contributed by atoms with Gasteiger partial charge in [-0.1, -0.05) is 6.07 Å². The first-order valence-corrected chi connectivity index (χ1v) is 7.86. The minimum atomic E-state index is -0.215. The molecule has 0 bridgehead atoms. The van der Waals surface area contributed by atoms with Crippen molar-refractivity contribution in [3.63, 3.8) is 0 Å². The summed E-state index contributed by atoms with van der Waals surface area (Å²) in [5.41, 5.74) is 1.70. The summed E-state index contributed by atoms with van der Waals surface area (Å²) >= 11 is 3.34. The third-order valence-corrected chi connectivity index (χ3v) is 3.93. The van der Waals surface area contributed by atoms with Crippen molar-refractivity contribution >= 4 is 33.4 Å². The van der Waals surface area contributed by atoms with Crippen molar-refractivity contribution in [2.75, 3.05) is 5.32 Å². The standard InChI is InChI=1S/C16H16BrN3O2/c1-20-9-11(17)8-14(20)16(22)19-13-4-2-3-10(7-13)15(21)18-12-5-6-12/h2-4,7-9,12H,5-6H2,1H3,(H,18,21)(H,19,22). The molecule has 1 saturated carbocycles. The Kier molecular flexibility index (Phi) is 4.02. The van der Waals surface area contributed by atoms with Crippen LogP contribution in [0, 0.1) is 0 Å². The molecule has 0 atom stereocenters. The van der Waals surface area contributed by atoms with Crippen molar-refractivity contribution in [3.8, 4) is 0 Å². The monoisotopic (exact) mass is 361 g/mol. The van der Waals surface area contributed by atoms with Crippen molar-refractivity contribution in [2.45, 2.75) is 18.9 Å². The van der Waals surface area contributed by atoms with Gasteiger partial charge in [-0.3, -0.25) is 9.59 Å². The van der Waals surface area contributed by atoms with E-state index in [1.807, 2.05) is 6.20 Å². The van der Waals surface area contributed by atoms with Crippen LogP contribution in [0.15, 0.2) is 41.0 Å². The number of anilines is 1. The third kappa shape index (κ3) is 3.39. The van der Waals surface area contributed by atoms with Crippen LogP contribution in [0.5, 0.6) is 0 Å². The second-order valence-electron chi connectivity index (χ2n) is 5.44. The van der Waals surface area contributed by atoms with E-state index in [2.05, 4.69) is 26.6 Å². The van der Waals surface area contributed by atoms with Gasteiger partial charge in [-0.15, -0.1) is 0 Å². The normalized spacial score (nSPS) is 13.7. The van der Waals surface area contributed by atoms with Crippen LogP contribution in [0.2, 0.25) is 0 Å². The number of hydrogen-bond donors (Lipinski definition) is 2. The molecule has 22 heavy (non-hydrogen) atoms. The fraction of sp³-hybridized carbons (Fsp3) is 0.250. The summed E-state index contributed by atoms with van der Waals surface area (Å²) < 4.78 is 2.58. The Bertz CT molecular complexity index is 735. The molecule has 1 fully saturated rings. The zero-order valence-corrected chi connectivity index (χ0v) is 13.7. The largest absolute Gasteiger partial charge is 0.349 e. The zero-order valence-electron chi connectivity index (χ0n) is 12.1. The van der Waals surface area contributed by atoms with E-state index in [4.69, 9.17) is 0 Å². The highest BCUT2D eigenvalue weighted by Gasteiger charge is 2.23. The maximum atomic E-state index is 12.3. The molecule has 5 nitrogen and oxygen atoms in total. The molecule has 3 rings (SSSR count). The van der Waals surface area contributed by atoms with E-state index in [0.29, 0.717) is 23.0 Å². The molecule has 0 saturated heterocycles. The van der Waals surface area contributed by atoms with Gasteiger partial charge in [-0.2, -0.15) is 0 Å². The van der Waals surface area contributed by atoms with Crippen LogP contribution < -0.4 is 10.6 Å². The Morgan fingerprint density at radius 3 is 2.64 bits per heavy atom. The van der Waals surface area contributed by atoms with Gasteiger partial charge in [0.2, 0.25) is 0 Å². The van der Waals surface area contributed by atoms with E-state index < -0.39 is 0 Å². The lowest BCUT2D eigenvalue weighted by molar-refractivity contribution is 0.0949. The van der Waals surface area contributed by atoms with Gasteiger partial charge in [0.1, 0.15) is 5.69 Å². The van der Waals surface area contributed by atoms with Crippen LogP contribution in [-0.4, -0.2) is 22.4 Å². The molecule has 2 amide bonds. The van der Waals surface area contributed by atoms with E-state index >= 15 is 0 Å². The summed E-state index contributed by atoms with van der Waals surface area (Å²) in [6, 6.07) is 9.02. The van der Waals surface area contributed by atoms with E-state index in [1.54, 1.807) is 41.9 Å². The molecule has 0 spiro atoms. The van der Waals surface area contributed by atoms with E-state index in [-0.39, 0.29) is 11.8 Å². The van der Waals surface area contributed by atoms with Crippen molar-refractivity contribution in [2.24, 2.45) is 7.05 Å². The fourth-order valence-corrected chi connectivity index (χ4v) is 2.70. The lowest BCUT2D eigenvalue weighted by Gasteiger charge is -2.08. The van der Waals surface area contributed by atoms with Crippen LogP contribution in [0.1, 0.15) is 33.7 Å². The molecule has 2 N–H and O–H groups in total. The van der Waals surface area contributed by atoms with Crippen molar-refractivity contribution < 1.29 is 9.59 Å². The SMILES string of the molecule is Cn1cc(Br)cc1C(=O)Nc1cccc(C(=O)NC2CC2)c1. The highest BCUT2D eigenvalue weighted by Crippen LogP contribution is 2.20. The van der Waals surface area contributed by atoms with Gasteiger partial charge in [0.25, 0.3) is 11.8 Å². The number of amides is 2.